The second-order valence-electron chi connectivity index (χ2n) is 6.79. The van der Waals surface area contributed by atoms with E-state index < -0.39 is 11.6 Å². The maximum absolute atomic E-state index is 13.3. The minimum atomic E-state index is -0.906. The molecule has 1 aromatic heterocycles. The third-order valence-corrected chi connectivity index (χ3v) is 4.56. The molecule has 1 aromatic carbocycles. The second kappa shape index (κ2) is 6.02. The maximum Gasteiger partial charge on any atom is 0.165 e. The Kier molecular flexibility index (Phi) is 4.21. The Morgan fingerprint density at radius 2 is 2.09 bits per heavy atom. The smallest absolute Gasteiger partial charge is 0.165 e. The number of aromatic nitrogens is 1. The molecule has 1 unspecified atom stereocenters. The molecule has 0 aliphatic carbocycles. The summed E-state index contributed by atoms with van der Waals surface area (Å²) in [6.45, 7) is 8.64. The van der Waals surface area contributed by atoms with Crippen molar-refractivity contribution in [2.75, 3.05) is 13.1 Å². The summed E-state index contributed by atoms with van der Waals surface area (Å²) in [7, 11) is 0. The Hall–Kier alpha value is -1.79. The summed E-state index contributed by atoms with van der Waals surface area (Å²) in [5.41, 5.74) is 1.14. The zero-order chi connectivity index (χ0) is 16.6. The molecule has 2 aromatic rings. The minimum Gasteiger partial charge on any atom is -0.358 e. The van der Waals surface area contributed by atoms with Crippen molar-refractivity contribution in [3.05, 3.63) is 41.7 Å². The lowest BCUT2D eigenvalue weighted by Gasteiger charge is -2.21. The van der Waals surface area contributed by atoms with Crippen molar-refractivity contribution in [2.45, 2.75) is 27.4 Å². The van der Waals surface area contributed by atoms with Gasteiger partial charge in [-0.3, -0.25) is 4.84 Å². The molecule has 1 fully saturated rings. The lowest BCUT2D eigenvalue weighted by atomic mass is 9.84. The maximum atomic E-state index is 13.3. The van der Waals surface area contributed by atoms with Gasteiger partial charge in [0.05, 0.1) is 0 Å². The molecule has 1 atom stereocenters. The van der Waals surface area contributed by atoms with E-state index in [0.29, 0.717) is 22.9 Å². The molecule has 3 rings (SSSR count). The van der Waals surface area contributed by atoms with E-state index in [-0.39, 0.29) is 12.0 Å². The first kappa shape index (κ1) is 16.1. The fourth-order valence-electron chi connectivity index (χ4n) is 2.65. The van der Waals surface area contributed by atoms with E-state index in [1.807, 2.05) is 5.06 Å². The Labute approximate surface area is 134 Å². The summed E-state index contributed by atoms with van der Waals surface area (Å²) in [6, 6.07) is 5.31. The molecular weight excluding hydrogens is 302 g/mol. The molecule has 1 aliphatic heterocycles. The number of hydrogen-bond donors (Lipinski definition) is 0. The molecule has 0 radical (unpaired) electrons. The van der Waals surface area contributed by atoms with E-state index in [4.69, 9.17) is 9.36 Å². The highest BCUT2D eigenvalue weighted by atomic mass is 19.2. The van der Waals surface area contributed by atoms with Gasteiger partial charge in [-0.25, -0.2) is 8.78 Å². The summed E-state index contributed by atoms with van der Waals surface area (Å²) in [6.07, 6.45) is 0. The van der Waals surface area contributed by atoms with Crippen LogP contribution in [0.3, 0.4) is 0 Å². The molecule has 2 heterocycles. The summed E-state index contributed by atoms with van der Waals surface area (Å²) in [5.74, 6) is -0.694. The highest BCUT2D eigenvalue weighted by molar-refractivity contribution is 5.58. The molecule has 0 spiro atoms. The van der Waals surface area contributed by atoms with Crippen LogP contribution in [0, 0.1) is 23.0 Å². The van der Waals surface area contributed by atoms with Gasteiger partial charge in [-0.05, 0) is 29.5 Å². The standard InChI is InChI=1S/C17H20F2N2O2/c1-11-8-21(10-17(11,2)3)22-9-13-7-16(20-23-13)12-4-5-14(18)15(19)6-12/h4-7,11H,8-10H2,1-3H3. The van der Waals surface area contributed by atoms with E-state index in [1.165, 1.54) is 6.07 Å². The van der Waals surface area contributed by atoms with Crippen molar-refractivity contribution in [3.8, 4) is 11.3 Å². The third-order valence-electron chi connectivity index (χ3n) is 4.56. The topological polar surface area (TPSA) is 38.5 Å². The van der Waals surface area contributed by atoms with Crippen LogP contribution in [0.1, 0.15) is 26.5 Å². The largest absolute Gasteiger partial charge is 0.358 e. The van der Waals surface area contributed by atoms with Crippen LogP contribution < -0.4 is 0 Å². The van der Waals surface area contributed by atoms with E-state index in [9.17, 15) is 8.78 Å². The quantitative estimate of drug-likeness (QED) is 0.852. The van der Waals surface area contributed by atoms with Crippen molar-refractivity contribution >= 4 is 0 Å². The molecule has 4 nitrogen and oxygen atoms in total. The van der Waals surface area contributed by atoms with Gasteiger partial charge in [-0.2, -0.15) is 5.06 Å². The van der Waals surface area contributed by atoms with Crippen LogP contribution in [0.25, 0.3) is 11.3 Å². The average Bonchev–Trinajstić information content (AvgIpc) is 3.05. The Balaban J connectivity index is 1.63. The molecule has 1 aliphatic rings. The van der Waals surface area contributed by atoms with E-state index in [0.717, 1.165) is 25.2 Å². The van der Waals surface area contributed by atoms with Gasteiger partial charge in [0.2, 0.25) is 0 Å². The minimum absolute atomic E-state index is 0.220. The average molecular weight is 322 g/mol. The Bertz CT molecular complexity index is 700. The molecular formula is C17H20F2N2O2. The Morgan fingerprint density at radius 1 is 1.30 bits per heavy atom. The zero-order valence-electron chi connectivity index (χ0n) is 13.5. The van der Waals surface area contributed by atoms with Gasteiger partial charge >= 0.3 is 0 Å². The van der Waals surface area contributed by atoms with Gasteiger partial charge in [0.25, 0.3) is 0 Å². The van der Waals surface area contributed by atoms with E-state index in [2.05, 4.69) is 25.9 Å². The molecule has 0 bridgehead atoms. The summed E-state index contributed by atoms with van der Waals surface area (Å²) < 4.78 is 31.4. The summed E-state index contributed by atoms with van der Waals surface area (Å²) >= 11 is 0. The first-order chi connectivity index (χ1) is 10.8. The van der Waals surface area contributed by atoms with Crippen molar-refractivity contribution < 1.29 is 18.1 Å². The van der Waals surface area contributed by atoms with Gasteiger partial charge in [0.1, 0.15) is 12.3 Å². The van der Waals surface area contributed by atoms with Crippen LogP contribution in [0.4, 0.5) is 8.78 Å². The fourth-order valence-corrected chi connectivity index (χ4v) is 2.65. The number of hydroxylamine groups is 2. The highest BCUT2D eigenvalue weighted by Gasteiger charge is 2.37. The number of hydrogen-bond acceptors (Lipinski definition) is 4. The fraction of sp³-hybridized carbons (Fsp3) is 0.471. The first-order valence-electron chi connectivity index (χ1n) is 7.64. The monoisotopic (exact) mass is 322 g/mol. The molecule has 0 N–H and O–H groups in total. The van der Waals surface area contributed by atoms with Crippen LogP contribution in [0.5, 0.6) is 0 Å². The van der Waals surface area contributed by atoms with E-state index >= 15 is 0 Å². The van der Waals surface area contributed by atoms with E-state index in [1.54, 1.807) is 6.07 Å². The van der Waals surface area contributed by atoms with Gasteiger partial charge in [-0.1, -0.05) is 25.9 Å². The highest BCUT2D eigenvalue weighted by Crippen LogP contribution is 2.35. The van der Waals surface area contributed by atoms with Gasteiger partial charge in [-0.15, -0.1) is 0 Å². The molecule has 1 saturated heterocycles. The van der Waals surface area contributed by atoms with Crippen LogP contribution in [0.2, 0.25) is 0 Å². The number of rotatable bonds is 4. The molecule has 23 heavy (non-hydrogen) atoms. The number of benzene rings is 1. The van der Waals surface area contributed by atoms with Crippen LogP contribution in [-0.4, -0.2) is 23.3 Å². The van der Waals surface area contributed by atoms with Crippen molar-refractivity contribution in [1.82, 2.24) is 10.2 Å². The number of halogens is 2. The van der Waals surface area contributed by atoms with Crippen LogP contribution >= 0.6 is 0 Å². The lowest BCUT2D eigenvalue weighted by molar-refractivity contribution is -0.164. The summed E-state index contributed by atoms with van der Waals surface area (Å²) in [5, 5.41) is 5.82. The number of nitrogens with zero attached hydrogens (tertiary/aromatic N) is 2. The second-order valence-corrected chi connectivity index (χ2v) is 6.79. The zero-order valence-corrected chi connectivity index (χ0v) is 13.5. The summed E-state index contributed by atoms with van der Waals surface area (Å²) in [4.78, 5) is 5.75. The van der Waals surface area contributed by atoms with Gasteiger partial charge in [0, 0.05) is 24.7 Å². The predicted octanol–water partition coefficient (Wildman–Crippen LogP) is 4.03. The molecule has 124 valence electrons. The van der Waals surface area contributed by atoms with Crippen LogP contribution in [0.15, 0.2) is 28.8 Å². The normalized spacial score (nSPS) is 21.0. The lowest BCUT2D eigenvalue weighted by Crippen LogP contribution is -2.23. The van der Waals surface area contributed by atoms with Crippen molar-refractivity contribution in [3.63, 3.8) is 0 Å². The van der Waals surface area contributed by atoms with Gasteiger partial charge in [0.15, 0.2) is 17.4 Å². The molecule has 0 amide bonds. The van der Waals surface area contributed by atoms with Crippen LogP contribution in [-0.2, 0) is 11.4 Å². The first-order valence-corrected chi connectivity index (χ1v) is 7.64. The third kappa shape index (κ3) is 3.43. The predicted molar refractivity (Wildman–Crippen MR) is 81.2 cm³/mol. The van der Waals surface area contributed by atoms with Crippen molar-refractivity contribution in [2.24, 2.45) is 11.3 Å². The molecule has 6 heteroatoms. The SMILES string of the molecule is CC1CN(OCc2cc(-c3ccc(F)c(F)c3)no2)CC1(C)C. The van der Waals surface area contributed by atoms with Crippen molar-refractivity contribution in [1.29, 1.82) is 0 Å². The van der Waals surface area contributed by atoms with Gasteiger partial charge < -0.3 is 4.52 Å². The molecule has 0 saturated carbocycles. The Morgan fingerprint density at radius 3 is 2.74 bits per heavy atom.